The van der Waals surface area contributed by atoms with Gasteiger partial charge in [0.1, 0.15) is 0 Å². The average molecular weight is 268 g/mol. The standard InChI is InChI=1S/C20H28/c1-6-8-17(7-2)13-18-9-10-19-12-14(3)11-15(4)20(19)16(18)5/h9,11-12,17H,5-8,10,13H2,1-4H3. The molecule has 2 rings (SSSR count). The van der Waals surface area contributed by atoms with Crippen LogP contribution >= 0.6 is 0 Å². The molecule has 0 heteroatoms. The first-order valence-electron chi connectivity index (χ1n) is 8.05. The predicted octanol–water partition coefficient (Wildman–Crippen LogP) is 6.02. The molecule has 1 aliphatic carbocycles. The molecule has 1 atom stereocenters. The highest BCUT2D eigenvalue weighted by molar-refractivity contribution is 5.83. The summed E-state index contributed by atoms with van der Waals surface area (Å²) in [6, 6.07) is 4.61. The third kappa shape index (κ3) is 3.06. The van der Waals surface area contributed by atoms with E-state index < -0.39 is 0 Å². The molecule has 1 aliphatic rings. The maximum absolute atomic E-state index is 4.41. The summed E-state index contributed by atoms with van der Waals surface area (Å²) < 4.78 is 0. The van der Waals surface area contributed by atoms with Crippen LogP contribution < -0.4 is 0 Å². The Morgan fingerprint density at radius 3 is 2.60 bits per heavy atom. The Bertz CT molecular complexity index is 531. The number of allylic oxidation sites excluding steroid dienone is 3. The summed E-state index contributed by atoms with van der Waals surface area (Å²) in [6.07, 6.45) is 8.60. The number of benzene rings is 1. The summed E-state index contributed by atoms with van der Waals surface area (Å²) in [7, 11) is 0. The molecule has 0 aliphatic heterocycles. The van der Waals surface area contributed by atoms with Gasteiger partial charge in [0.2, 0.25) is 0 Å². The van der Waals surface area contributed by atoms with Crippen molar-refractivity contribution in [1.29, 1.82) is 0 Å². The lowest BCUT2D eigenvalue weighted by molar-refractivity contribution is 0.464. The van der Waals surface area contributed by atoms with Gasteiger partial charge in [-0.1, -0.05) is 63.5 Å². The zero-order valence-corrected chi connectivity index (χ0v) is 13.6. The fourth-order valence-electron chi connectivity index (χ4n) is 3.54. The molecule has 1 aromatic carbocycles. The molecule has 0 saturated heterocycles. The summed E-state index contributed by atoms with van der Waals surface area (Å²) in [5, 5.41) is 0. The molecule has 1 unspecified atom stereocenters. The van der Waals surface area contributed by atoms with Crippen molar-refractivity contribution in [3.05, 3.63) is 52.6 Å². The minimum atomic E-state index is 0.815. The second-order valence-corrected chi connectivity index (χ2v) is 6.30. The monoisotopic (exact) mass is 268 g/mol. The number of hydrogen-bond acceptors (Lipinski definition) is 0. The van der Waals surface area contributed by atoms with Crippen LogP contribution in [-0.2, 0) is 6.42 Å². The van der Waals surface area contributed by atoms with Crippen LogP contribution in [-0.4, -0.2) is 0 Å². The zero-order valence-electron chi connectivity index (χ0n) is 13.6. The molecule has 0 saturated carbocycles. The van der Waals surface area contributed by atoms with Gasteiger partial charge in [0.25, 0.3) is 0 Å². The number of fused-ring (bicyclic) bond motifs is 1. The van der Waals surface area contributed by atoms with Gasteiger partial charge in [-0.05, 0) is 60.4 Å². The van der Waals surface area contributed by atoms with Crippen molar-refractivity contribution in [1.82, 2.24) is 0 Å². The second-order valence-electron chi connectivity index (χ2n) is 6.30. The Morgan fingerprint density at radius 1 is 1.20 bits per heavy atom. The van der Waals surface area contributed by atoms with Gasteiger partial charge < -0.3 is 0 Å². The first-order valence-corrected chi connectivity index (χ1v) is 8.05. The molecule has 0 nitrogen and oxygen atoms in total. The smallest absolute Gasteiger partial charge is 0.00851 e. The van der Waals surface area contributed by atoms with E-state index in [0.717, 1.165) is 12.3 Å². The van der Waals surface area contributed by atoms with Crippen LogP contribution in [0.5, 0.6) is 0 Å². The van der Waals surface area contributed by atoms with Crippen LogP contribution in [0.25, 0.3) is 5.57 Å². The maximum Gasteiger partial charge on any atom is -0.00851 e. The van der Waals surface area contributed by atoms with E-state index in [2.05, 4.69) is 52.5 Å². The molecular weight excluding hydrogens is 240 g/mol. The lowest BCUT2D eigenvalue weighted by Crippen LogP contribution is -2.08. The molecule has 0 aromatic heterocycles. The van der Waals surface area contributed by atoms with Crippen LogP contribution in [0.3, 0.4) is 0 Å². The minimum absolute atomic E-state index is 0.815. The highest BCUT2D eigenvalue weighted by atomic mass is 14.2. The Balaban J connectivity index is 2.24. The van der Waals surface area contributed by atoms with Crippen molar-refractivity contribution < 1.29 is 0 Å². The van der Waals surface area contributed by atoms with Crippen molar-refractivity contribution >= 4 is 5.57 Å². The molecule has 1 aromatic rings. The van der Waals surface area contributed by atoms with E-state index in [9.17, 15) is 0 Å². The number of rotatable bonds is 5. The molecule has 0 N–H and O–H groups in total. The van der Waals surface area contributed by atoms with Gasteiger partial charge in [0.05, 0.1) is 0 Å². The van der Waals surface area contributed by atoms with E-state index >= 15 is 0 Å². The highest BCUT2D eigenvalue weighted by Gasteiger charge is 2.19. The van der Waals surface area contributed by atoms with E-state index in [0.29, 0.717) is 0 Å². The average Bonchev–Trinajstić information content (AvgIpc) is 2.40. The maximum atomic E-state index is 4.41. The third-order valence-electron chi connectivity index (χ3n) is 4.60. The molecule has 0 bridgehead atoms. The molecule has 0 fully saturated rings. The quantitative estimate of drug-likeness (QED) is 0.613. The minimum Gasteiger partial charge on any atom is -0.0909 e. The first-order chi connectivity index (χ1) is 9.56. The fraction of sp³-hybridized carbons (Fsp3) is 0.500. The van der Waals surface area contributed by atoms with Crippen molar-refractivity contribution in [3.8, 4) is 0 Å². The van der Waals surface area contributed by atoms with Gasteiger partial charge >= 0.3 is 0 Å². The summed E-state index contributed by atoms with van der Waals surface area (Å²) in [6.45, 7) is 13.4. The molecule has 20 heavy (non-hydrogen) atoms. The van der Waals surface area contributed by atoms with E-state index in [4.69, 9.17) is 0 Å². The van der Waals surface area contributed by atoms with E-state index in [1.54, 1.807) is 0 Å². The lowest BCUT2D eigenvalue weighted by atomic mass is 9.80. The van der Waals surface area contributed by atoms with Crippen molar-refractivity contribution in [3.63, 3.8) is 0 Å². The van der Waals surface area contributed by atoms with Crippen molar-refractivity contribution in [2.45, 2.75) is 59.8 Å². The second kappa shape index (κ2) is 6.43. The molecule has 0 amide bonds. The molecule has 0 heterocycles. The number of aryl methyl sites for hydroxylation is 2. The topological polar surface area (TPSA) is 0 Å². The molecule has 108 valence electrons. The van der Waals surface area contributed by atoms with E-state index in [-0.39, 0.29) is 0 Å². The van der Waals surface area contributed by atoms with Gasteiger partial charge in [-0.2, -0.15) is 0 Å². The predicted molar refractivity (Wildman–Crippen MR) is 90.0 cm³/mol. The SMILES string of the molecule is C=C1C(CC(CC)CCC)=CCc2cc(C)cc(C)c21. The normalized spacial score (nSPS) is 15.8. The summed E-state index contributed by atoms with van der Waals surface area (Å²) in [5.74, 6) is 0.815. The van der Waals surface area contributed by atoms with Gasteiger partial charge in [-0.25, -0.2) is 0 Å². The van der Waals surface area contributed by atoms with E-state index in [1.807, 2.05) is 0 Å². The molecule has 0 spiro atoms. The van der Waals surface area contributed by atoms with Gasteiger partial charge in [-0.15, -0.1) is 0 Å². The largest absolute Gasteiger partial charge is 0.0909 e. The Labute approximate surface area is 124 Å². The van der Waals surface area contributed by atoms with Gasteiger partial charge in [0, 0.05) is 0 Å². The number of hydrogen-bond donors (Lipinski definition) is 0. The van der Waals surface area contributed by atoms with Crippen LogP contribution in [0, 0.1) is 19.8 Å². The Hall–Kier alpha value is -1.30. The lowest BCUT2D eigenvalue weighted by Gasteiger charge is -2.25. The van der Waals surface area contributed by atoms with Crippen molar-refractivity contribution in [2.75, 3.05) is 0 Å². The molecule has 0 radical (unpaired) electrons. The van der Waals surface area contributed by atoms with Crippen molar-refractivity contribution in [2.24, 2.45) is 5.92 Å². The van der Waals surface area contributed by atoms with E-state index in [1.165, 1.54) is 59.1 Å². The van der Waals surface area contributed by atoms with Crippen LogP contribution in [0.4, 0.5) is 0 Å². The van der Waals surface area contributed by atoms with Gasteiger partial charge in [0.15, 0.2) is 0 Å². The Morgan fingerprint density at radius 2 is 1.95 bits per heavy atom. The van der Waals surface area contributed by atoms with Crippen LogP contribution in [0.2, 0.25) is 0 Å². The fourth-order valence-corrected chi connectivity index (χ4v) is 3.54. The van der Waals surface area contributed by atoms with Crippen LogP contribution in [0.15, 0.2) is 30.4 Å². The summed E-state index contributed by atoms with van der Waals surface area (Å²) in [4.78, 5) is 0. The Kier molecular flexibility index (Phi) is 4.86. The highest BCUT2D eigenvalue weighted by Crippen LogP contribution is 2.37. The molecular formula is C20H28. The first kappa shape index (κ1) is 15.1. The third-order valence-corrected chi connectivity index (χ3v) is 4.60. The van der Waals surface area contributed by atoms with Gasteiger partial charge in [-0.3, -0.25) is 0 Å². The van der Waals surface area contributed by atoms with Crippen LogP contribution in [0.1, 0.15) is 61.8 Å². The zero-order chi connectivity index (χ0) is 14.7. The summed E-state index contributed by atoms with van der Waals surface area (Å²) in [5.41, 5.74) is 8.39. The summed E-state index contributed by atoms with van der Waals surface area (Å²) >= 11 is 0.